The molecule has 1 N–H and O–H groups in total. The highest BCUT2D eigenvalue weighted by molar-refractivity contribution is 6.05. The average Bonchev–Trinajstić information content (AvgIpc) is 2.88. The third-order valence-corrected chi connectivity index (χ3v) is 6.09. The first kappa shape index (κ1) is 26.2. The number of hydrogen-bond acceptors (Lipinski definition) is 7. The summed E-state index contributed by atoms with van der Waals surface area (Å²) in [6.45, 7) is 3.95. The molecule has 2 saturated heterocycles. The van der Waals surface area contributed by atoms with Crippen LogP contribution in [0.4, 0.5) is 21.5 Å². The van der Waals surface area contributed by atoms with Crippen LogP contribution in [0.5, 0.6) is 0 Å². The molecule has 0 spiro atoms. The first-order valence-electron chi connectivity index (χ1n) is 12.0. The predicted octanol–water partition coefficient (Wildman–Crippen LogP) is 2.05. The molecule has 0 bridgehead atoms. The summed E-state index contributed by atoms with van der Waals surface area (Å²) < 4.78 is 30.2. The molecule has 3 amide bonds. The minimum absolute atomic E-state index is 0.0208. The standard InChI is InChI=1S/C26H28FN3O7/c1-3-17-7-8-18(13-21(17)27)28-25(33)23(37-16(2)31)24-26(34)30(10-12-36-24)20-6-4-5-19(14-20)29-9-11-35-15-22(29)32/h4-8,13-14,23-24H,3,9-12,15H2,1-2H3,(H,28,33)/t23-,24-/m1/s1. The zero-order chi connectivity index (χ0) is 26.5. The summed E-state index contributed by atoms with van der Waals surface area (Å²) in [5, 5.41) is 2.51. The van der Waals surface area contributed by atoms with Crippen LogP contribution in [0.1, 0.15) is 19.4 Å². The SMILES string of the molecule is CCc1ccc(NC(=O)[C@H](OC(C)=O)[C@H]2OCCN(c3cccc(N4CCOCC4=O)c3)C2=O)cc1F. The van der Waals surface area contributed by atoms with Crippen molar-refractivity contribution in [1.82, 2.24) is 0 Å². The second-order valence-electron chi connectivity index (χ2n) is 8.58. The smallest absolute Gasteiger partial charge is 0.303 e. The van der Waals surface area contributed by atoms with Gasteiger partial charge >= 0.3 is 5.97 Å². The molecule has 2 aliphatic rings. The molecule has 0 radical (unpaired) electrons. The van der Waals surface area contributed by atoms with Crippen molar-refractivity contribution < 1.29 is 37.8 Å². The van der Waals surface area contributed by atoms with Gasteiger partial charge in [-0.1, -0.05) is 19.1 Å². The Labute approximate surface area is 213 Å². The molecule has 2 aromatic rings. The van der Waals surface area contributed by atoms with E-state index >= 15 is 0 Å². The number of amides is 3. The van der Waals surface area contributed by atoms with Crippen LogP contribution in [0, 0.1) is 5.82 Å². The molecule has 11 heteroatoms. The molecule has 0 saturated carbocycles. The summed E-state index contributed by atoms with van der Waals surface area (Å²) in [7, 11) is 0. The molecule has 10 nitrogen and oxygen atoms in total. The van der Waals surface area contributed by atoms with Gasteiger partial charge < -0.3 is 29.3 Å². The maximum Gasteiger partial charge on any atom is 0.303 e. The van der Waals surface area contributed by atoms with Gasteiger partial charge in [-0.2, -0.15) is 0 Å². The Balaban J connectivity index is 1.55. The summed E-state index contributed by atoms with van der Waals surface area (Å²) in [4.78, 5) is 53.6. The number of aryl methyl sites for hydroxylation is 1. The number of nitrogens with zero attached hydrogens (tertiary/aromatic N) is 2. The van der Waals surface area contributed by atoms with Crippen LogP contribution in [0.3, 0.4) is 0 Å². The van der Waals surface area contributed by atoms with Crippen molar-refractivity contribution in [1.29, 1.82) is 0 Å². The number of hydrogen-bond donors (Lipinski definition) is 1. The van der Waals surface area contributed by atoms with E-state index in [1.807, 2.05) is 0 Å². The Kier molecular flexibility index (Phi) is 8.14. The number of rotatable bonds is 7. The van der Waals surface area contributed by atoms with E-state index in [2.05, 4.69) is 5.32 Å². The molecule has 2 fully saturated rings. The van der Waals surface area contributed by atoms with Crippen molar-refractivity contribution in [3.63, 3.8) is 0 Å². The Bertz CT molecular complexity index is 1200. The normalized spacial score (nSPS) is 18.9. The van der Waals surface area contributed by atoms with E-state index in [4.69, 9.17) is 14.2 Å². The zero-order valence-electron chi connectivity index (χ0n) is 20.6. The number of ether oxygens (including phenoxy) is 3. The quantitative estimate of drug-likeness (QED) is 0.564. The fourth-order valence-corrected chi connectivity index (χ4v) is 4.26. The molecule has 4 rings (SSSR count). The Morgan fingerprint density at radius 2 is 1.84 bits per heavy atom. The fraction of sp³-hybridized carbons (Fsp3) is 0.385. The number of morpholine rings is 2. The maximum absolute atomic E-state index is 14.2. The highest BCUT2D eigenvalue weighted by Crippen LogP contribution is 2.27. The lowest BCUT2D eigenvalue weighted by molar-refractivity contribution is -0.167. The molecular weight excluding hydrogens is 485 g/mol. The van der Waals surface area contributed by atoms with E-state index in [-0.39, 0.29) is 31.4 Å². The lowest BCUT2D eigenvalue weighted by Crippen LogP contribution is -2.56. The van der Waals surface area contributed by atoms with Gasteiger partial charge in [-0.3, -0.25) is 19.2 Å². The van der Waals surface area contributed by atoms with E-state index < -0.39 is 35.8 Å². The predicted molar refractivity (Wildman–Crippen MR) is 132 cm³/mol. The number of carbonyl (C=O) groups excluding carboxylic acids is 4. The molecule has 2 atom stereocenters. The fourth-order valence-electron chi connectivity index (χ4n) is 4.26. The Hall–Kier alpha value is -3.83. The molecule has 37 heavy (non-hydrogen) atoms. The number of anilines is 3. The van der Waals surface area contributed by atoms with Crippen LogP contribution in [0.2, 0.25) is 0 Å². The second-order valence-corrected chi connectivity index (χ2v) is 8.58. The molecule has 196 valence electrons. The molecule has 0 aromatic heterocycles. The lowest BCUT2D eigenvalue weighted by Gasteiger charge is -2.35. The van der Waals surface area contributed by atoms with Crippen molar-refractivity contribution in [2.24, 2.45) is 0 Å². The van der Waals surface area contributed by atoms with E-state index in [0.717, 1.165) is 13.0 Å². The van der Waals surface area contributed by atoms with Gasteiger partial charge in [-0.05, 0) is 42.3 Å². The minimum atomic E-state index is -1.61. The van der Waals surface area contributed by atoms with Crippen LogP contribution in [-0.4, -0.2) is 68.8 Å². The highest BCUT2D eigenvalue weighted by Gasteiger charge is 2.42. The summed E-state index contributed by atoms with van der Waals surface area (Å²) in [5.41, 5.74) is 1.74. The number of nitrogens with one attached hydrogen (secondary N) is 1. The molecule has 2 heterocycles. The van der Waals surface area contributed by atoms with Crippen LogP contribution in [0.15, 0.2) is 42.5 Å². The maximum atomic E-state index is 14.2. The third-order valence-electron chi connectivity index (χ3n) is 6.09. The van der Waals surface area contributed by atoms with Crippen molar-refractivity contribution in [2.75, 3.05) is 48.0 Å². The molecular formula is C26H28FN3O7. The van der Waals surface area contributed by atoms with Crippen molar-refractivity contribution in [3.05, 3.63) is 53.8 Å². The van der Waals surface area contributed by atoms with Crippen LogP contribution >= 0.6 is 0 Å². The van der Waals surface area contributed by atoms with Crippen LogP contribution in [-0.2, 0) is 39.8 Å². The van der Waals surface area contributed by atoms with Gasteiger partial charge in [0, 0.05) is 37.1 Å². The number of benzene rings is 2. The van der Waals surface area contributed by atoms with Gasteiger partial charge in [0.25, 0.3) is 17.7 Å². The van der Waals surface area contributed by atoms with Gasteiger partial charge in [0.15, 0.2) is 6.10 Å². The second kappa shape index (κ2) is 11.5. The lowest BCUT2D eigenvalue weighted by atomic mass is 10.1. The van der Waals surface area contributed by atoms with E-state index in [1.165, 1.54) is 11.0 Å². The molecule has 2 aromatic carbocycles. The summed E-state index contributed by atoms with van der Waals surface area (Å²) in [5.74, 6) is -2.88. The number of esters is 1. The van der Waals surface area contributed by atoms with Crippen molar-refractivity contribution >= 4 is 40.8 Å². The molecule has 0 aliphatic carbocycles. The summed E-state index contributed by atoms with van der Waals surface area (Å²) in [6.07, 6.45) is -2.55. The van der Waals surface area contributed by atoms with Crippen molar-refractivity contribution in [3.8, 4) is 0 Å². The van der Waals surface area contributed by atoms with Gasteiger partial charge in [0.05, 0.1) is 13.2 Å². The first-order valence-corrected chi connectivity index (χ1v) is 12.0. The average molecular weight is 514 g/mol. The summed E-state index contributed by atoms with van der Waals surface area (Å²) in [6, 6.07) is 11.1. The van der Waals surface area contributed by atoms with Gasteiger partial charge in [0.1, 0.15) is 12.4 Å². The topological polar surface area (TPSA) is 114 Å². The molecule has 0 unspecified atom stereocenters. The number of halogens is 1. The first-order chi connectivity index (χ1) is 17.8. The van der Waals surface area contributed by atoms with E-state index in [9.17, 15) is 23.6 Å². The monoisotopic (exact) mass is 513 g/mol. The molecule has 2 aliphatic heterocycles. The van der Waals surface area contributed by atoms with E-state index in [0.29, 0.717) is 36.5 Å². The largest absolute Gasteiger partial charge is 0.449 e. The van der Waals surface area contributed by atoms with Crippen LogP contribution < -0.4 is 15.1 Å². The van der Waals surface area contributed by atoms with Crippen molar-refractivity contribution in [2.45, 2.75) is 32.5 Å². The van der Waals surface area contributed by atoms with E-state index in [1.54, 1.807) is 42.2 Å². The third kappa shape index (κ3) is 5.95. The van der Waals surface area contributed by atoms with Gasteiger partial charge in [0.2, 0.25) is 6.10 Å². The number of carbonyl (C=O) groups is 4. The van der Waals surface area contributed by atoms with Gasteiger partial charge in [-0.15, -0.1) is 0 Å². The minimum Gasteiger partial charge on any atom is -0.449 e. The van der Waals surface area contributed by atoms with Crippen LogP contribution in [0.25, 0.3) is 0 Å². The summed E-state index contributed by atoms with van der Waals surface area (Å²) >= 11 is 0. The Morgan fingerprint density at radius 1 is 1.11 bits per heavy atom. The van der Waals surface area contributed by atoms with Gasteiger partial charge in [-0.25, -0.2) is 4.39 Å². The highest BCUT2D eigenvalue weighted by atomic mass is 19.1. The Morgan fingerprint density at radius 3 is 2.51 bits per heavy atom. The zero-order valence-corrected chi connectivity index (χ0v) is 20.6.